The molecule has 2 fully saturated rings. The largest absolute Gasteiger partial charge is 0.380 e. The van der Waals surface area contributed by atoms with Crippen molar-refractivity contribution in [2.75, 3.05) is 33.3 Å². The fourth-order valence-electron chi connectivity index (χ4n) is 4.17. The average Bonchev–Trinajstić information content (AvgIpc) is 3.15. The molecule has 0 saturated carbocycles. The summed E-state index contributed by atoms with van der Waals surface area (Å²) in [5.41, 5.74) is 1.37. The Morgan fingerprint density at radius 1 is 1.08 bits per heavy atom. The average molecular weight is 344 g/mol. The molecule has 0 aromatic heterocycles. The van der Waals surface area contributed by atoms with E-state index >= 15 is 0 Å². The van der Waals surface area contributed by atoms with E-state index in [1.807, 2.05) is 13.2 Å². The van der Waals surface area contributed by atoms with E-state index in [0.717, 1.165) is 64.7 Å². The second-order valence-corrected chi connectivity index (χ2v) is 7.45. The molecule has 1 atom stereocenters. The van der Waals surface area contributed by atoms with Gasteiger partial charge in [-0.05, 0) is 44.1 Å². The Morgan fingerprint density at radius 3 is 2.52 bits per heavy atom. The summed E-state index contributed by atoms with van der Waals surface area (Å²) in [4.78, 5) is 17.1. The molecule has 1 aromatic rings. The summed E-state index contributed by atoms with van der Waals surface area (Å²) in [6.45, 7) is 4.07. The molecule has 2 saturated heterocycles. The van der Waals surface area contributed by atoms with Crippen molar-refractivity contribution in [2.24, 2.45) is 0 Å². The van der Waals surface area contributed by atoms with Crippen LogP contribution in [0.5, 0.6) is 0 Å². The maximum absolute atomic E-state index is 12.4. The van der Waals surface area contributed by atoms with Crippen molar-refractivity contribution in [1.29, 1.82) is 0 Å². The molecular formula is C21H32N2O2. The molecule has 0 spiro atoms. The van der Waals surface area contributed by atoms with Crippen molar-refractivity contribution in [1.82, 2.24) is 9.80 Å². The van der Waals surface area contributed by atoms with E-state index in [2.05, 4.69) is 34.1 Å². The number of methoxy groups -OCH3 is 1. The Bertz CT molecular complexity index is 526. The molecule has 2 aliphatic heterocycles. The highest BCUT2D eigenvalue weighted by Gasteiger charge is 2.31. The van der Waals surface area contributed by atoms with Gasteiger partial charge in [0.15, 0.2) is 0 Å². The van der Waals surface area contributed by atoms with E-state index in [1.54, 1.807) is 0 Å². The molecule has 2 heterocycles. The molecule has 2 aliphatic rings. The Labute approximate surface area is 152 Å². The first-order valence-electron chi connectivity index (χ1n) is 9.85. The Morgan fingerprint density at radius 2 is 1.84 bits per heavy atom. The first kappa shape index (κ1) is 18.4. The number of carbonyl (C=O) groups is 1. The van der Waals surface area contributed by atoms with Crippen molar-refractivity contribution in [3.05, 3.63) is 35.9 Å². The van der Waals surface area contributed by atoms with E-state index in [0.29, 0.717) is 24.5 Å². The lowest BCUT2D eigenvalue weighted by molar-refractivity contribution is -0.132. The Kier molecular flexibility index (Phi) is 6.88. The van der Waals surface area contributed by atoms with Crippen LogP contribution in [0.25, 0.3) is 0 Å². The van der Waals surface area contributed by atoms with Crippen LogP contribution in [0.1, 0.15) is 44.1 Å². The van der Waals surface area contributed by atoms with Gasteiger partial charge in [-0.2, -0.15) is 0 Å². The number of hydrogen-bond acceptors (Lipinski definition) is 3. The number of rotatable bonds is 7. The topological polar surface area (TPSA) is 32.8 Å². The first-order valence-corrected chi connectivity index (χ1v) is 9.85. The molecule has 0 N–H and O–H groups in total. The molecule has 4 nitrogen and oxygen atoms in total. The SMILES string of the molecule is COC1CCN(C2CCN(C(=O)CCCCc3ccccc3)CC2)C1. The van der Waals surface area contributed by atoms with Crippen molar-refractivity contribution in [3.63, 3.8) is 0 Å². The Balaban J connectivity index is 1.32. The van der Waals surface area contributed by atoms with Gasteiger partial charge >= 0.3 is 0 Å². The number of likely N-dealkylation sites (tertiary alicyclic amines) is 2. The predicted molar refractivity (Wildman–Crippen MR) is 101 cm³/mol. The summed E-state index contributed by atoms with van der Waals surface area (Å²) in [6, 6.07) is 11.2. The van der Waals surface area contributed by atoms with Gasteiger partial charge in [0, 0.05) is 45.8 Å². The van der Waals surface area contributed by atoms with Crippen LogP contribution in [0.2, 0.25) is 0 Å². The highest BCUT2D eigenvalue weighted by Crippen LogP contribution is 2.23. The fourth-order valence-corrected chi connectivity index (χ4v) is 4.17. The maximum Gasteiger partial charge on any atom is 0.222 e. The maximum atomic E-state index is 12.4. The van der Waals surface area contributed by atoms with Gasteiger partial charge in [-0.25, -0.2) is 0 Å². The van der Waals surface area contributed by atoms with E-state index < -0.39 is 0 Å². The van der Waals surface area contributed by atoms with Crippen LogP contribution in [-0.2, 0) is 16.0 Å². The number of benzene rings is 1. The number of nitrogens with zero attached hydrogens (tertiary/aromatic N) is 2. The monoisotopic (exact) mass is 344 g/mol. The number of amides is 1. The van der Waals surface area contributed by atoms with Gasteiger partial charge < -0.3 is 9.64 Å². The third-order valence-electron chi connectivity index (χ3n) is 5.79. The van der Waals surface area contributed by atoms with E-state index in [1.165, 1.54) is 5.56 Å². The fraction of sp³-hybridized carbons (Fsp3) is 0.667. The van der Waals surface area contributed by atoms with Crippen LogP contribution in [0.4, 0.5) is 0 Å². The molecule has 0 bridgehead atoms. The molecule has 1 unspecified atom stereocenters. The van der Waals surface area contributed by atoms with Crippen molar-refractivity contribution < 1.29 is 9.53 Å². The third-order valence-corrected chi connectivity index (χ3v) is 5.79. The molecule has 1 amide bonds. The van der Waals surface area contributed by atoms with Crippen LogP contribution in [0.15, 0.2) is 30.3 Å². The number of piperidine rings is 1. The lowest BCUT2D eigenvalue weighted by atomic mass is 10.0. The van der Waals surface area contributed by atoms with Crippen molar-refractivity contribution in [3.8, 4) is 0 Å². The standard InChI is InChI=1S/C21H32N2O2/c1-25-20-13-16-23(17-20)19-11-14-22(15-12-19)21(24)10-6-5-9-18-7-3-2-4-8-18/h2-4,7-8,19-20H,5-6,9-17H2,1H3. The van der Waals surface area contributed by atoms with E-state index in [4.69, 9.17) is 4.74 Å². The van der Waals surface area contributed by atoms with Gasteiger partial charge in [0.05, 0.1) is 6.10 Å². The molecule has 0 aliphatic carbocycles. The summed E-state index contributed by atoms with van der Waals surface area (Å²) in [5.74, 6) is 0.350. The molecular weight excluding hydrogens is 312 g/mol. The van der Waals surface area contributed by atoms with Crippen LogP contribution in [-0.4, -0.2) is 61.1 Å². The number of aryl methyl sites for hydroxylation is 1. The Hall–Kier alpha value is -1.39. The smallest absolute Gasteiger partial charge is 0.222 e. The zero-order chi connectivity index (χ0) is 17.5. The second kappa shape index (κ2) is 9.35. The number of carbonyl (C=O) groups excluding carboxylic acids is 1. The third kappa shape index (κ3) is 5.29. The molecule has 0 radical (unpaired) electrons. The van der Waals surface area contributed by atoms with Crippen LogP contribution < -0.4 is 0 Å². The normalized spacial score (nSPS) is 22.4. The minimum atomic E-state index is 0.350. The van der Waals surface area contributed by atoms with E-state index in [9.17, 15) is 4.79 Å². The number of unbranched alkanes of at least 4 members (excludes halogenated alkanes) is 1. The minimum Gasteiger partial charge on any atom is -0.380 e. The first-order chi connectivity index (χ1) is 12.3. The second-order valence-electron chi connectivity index (χ2n) is 7.45. The predicted octanol–water partition coefficient (Wildman–Crippen LogP) is 3.11. The molecule has 25 heavy (non-hydrogen) atoms. The van der Waals surface area contributed by atoms with Crippen LogP contribution >= 0.6 is 0 Å². The van der Waals surface area contributed by atoms with Gasteiger partial charge in [-0.3, -0.25) is 9.69 Å². The summed E-state index contributed by atoms with van der Waals surface area (Å²) < 4.78 is 5.47. The molecule has 4 heteroatoms. The summed E-state index contributed by atoms with van der Waals surface area (Å²) in [5, 5.41) is 0. The zero-order valence-electron chi connectivity index (χ0n) is 15.5. The highest BCUT2D eigenvalue weighted by molar-refractivity contribution is 5.76. The number of hydrogen-bond donors (Lipinski definition) is 0. The lowest BCUT2D eigenvalue weighted by Gasteiger charge is -2.36. The van der Waals surface area contributed by atoms with Crippen LogP contribution in [0, 0.1) is 0 Å². The zero-order valence-corrected chi connectivity index (χ0v) is 15.5. The minimum absolute atomic E-state index is 0.350. The highest BCUT2D eigenvalue weighted by atomic mass is 16.5. The van der Waals surface area contributed by atoms with Gasteiger partial charge in [0.2, 0.25) is 5.91 Å². The summed E-state index contributed by atoms with van der Waals surface area (Å²) in [6.07, 6.45) is 7.66. The van der Waals surface area contributed by atoms with Crippen molar-refractivity contribution in [2.45, 2.75) is 57.1 Å². The molecule has 3 rings (SSSR count). The van der Waals surface area contributed by atoms with Gasteiger partial charge in [-0.1, -0.05) is 30.3 Å². The van der Waals surface area contributed by atoms with Gasteiger partial charge in [0.25, 0.3) is 0 Å². The van der Waals surface area contributed by atoms with Gasteiger partial charge in [-0.15, -0.1) is 0 Å². The number of ether oxygens (including phenoxy) is 1. The molecule has 1 aromatic carbocycles. The van der Waals surface area contributed by atoms with E-state index in [-0.39, 0.29) is 0 Å². The van der Waals surface area contributed by atoms with Gasteiger partial charge in [0.1, 0.15) is 0 Å². The summed E-state index contributed by atoms with van der Waals surface area (Å²) >= 11 is 0. The van der Waals surface area contributed by atoms with Crippen LogP contribution in [0.3, 0.4) is 0 Å². The quantitative estimate of drug-likeness (QED) is 0.713. The summed E-state index contributed by atoms with van der Waals surface area (Å²) in [7, 11) is 1.81. The molecule has 138 valence electrons. The van der Waals surface area contributed by atoms with Crippen molar-refractivity contribution >= 4 is 5.91 Å². The lowest BCUT2D eigenvalue weighted by Crippen LogP contribution is -2.46.